The van der Waals surface area contributed by atoms with Gasteiger partial charge in [0.2, 0.25) is 0 Å². The van der Waals surface area contributed by atoms with Gasteiger partial charge in [-0.1, -0.05) is 31.2 Å². The molecule has 0 aliphatic carbocycles. The van der Waals surface area contributed by atoms with Gasteiger partial charge in [0.05, 0.1) is 6.10 Å². The van der Waals surface area contributed by atoms with Crippen molar-refractivity contribution in [2.24, 2.45) is 0 Å². The van der Waals surface area contributed by atoms with Gasteiger partial charge in [0.25, 0.3) is 0 Å². The topological polar surface area (TPSA) is 29.5 Å². The minimum atomic E-state index is 0.254. The Morgan fingerprint density at radius 3 is 2.95 bits per heavy atom. The van der Waals surface area contributed by atoms with E-state index in [4.69, 9.17) is 4.74 Å². The number of carbonyl (C=O) groups is 1. The number of hydrogen-bond acceptors (Lipinski definition) is 3. The normalized spacial score (nSPS) is 19.6. The van der Waals surface area contributed by atoms with Crippen LogP contribution in [0.1, 0.15) is 48.5 Å². The predicted octanol–water partition coefficient (Wildman–Crippen LogP) is 3.46. The number of aryl methyl sites for hydroxylation is 1. The van der Waals surface area contributed by atoms with Crippen molar-refractivity contribution < 1.29 is 9.53 Å². The largest absolute Gasteiger partial charge is 0.377 e. The molecule has 1 aromatic rings. The van der Waals surface area contributed by atoms with Crippen molar-refractivity contribution in [3.63, 3.8) is 0 Å². The third-order valence-corrected chi connectivity index (χ3v) is 4.12. The number of benzene rings is 1. The molecule has 1 aromatic carbocycles. The molecule has 0 saturated carbocycles. The lowest BCUT2D eigenvalue weighted by Gasteiger charge is -2.32. The van der Waals surface area contributed by atoms with Crippen LogP contribution in [0, 0.1) is 6.92 Å². The van der Waals surface area contributed by atoms with Crippen LogP contribution in [0.15, 0.2) is 24.3 Å². The number of carbonyl (C=O) groups excluding carboxylic acids is 1. The molecule has 0 radical (unpaired) electrons. The SMILES string of the molecule is CCCOC1CCCN(CCC(=O)c2ccccc2C)C1. The van der Waals surface area contributed by atoms with Crippen LogP contribution in [-0.4, -0.2) is 43.0 Å². The third kappa shape index (κ3) is 4.94. The van der Waals surface area contributed by atoms with Gasteiger partial charge in [0.15, 0.2) is 5.78 Å². The second-order valence-corrected chi connectivity index (χ2v) is 5.92. The fraction of sp³-hybridized carbons (Fsp3) is 0.611. The van der Waals surface area contributed by atoms with Crippen LogP contribution in [0.3, 0.4) is 0 Å². The summed E-state index contributed by atoms with van der Waals surface area (Å²) in [7, 11) is 0. The Labute approximate surface area is 128 Å². The Balaban J connectivity index is 1.80. The minimum Gasteiger partial charge on any atom is -0.377 e. The van der Waals surface area contributed by atoms with Gasteiger partial charge in [0, 0.05) is 31.7 Å². The molecule has 1 fully saturated rings. The molecule has 1 aliphatic rings. The Morgan fingerprint density at radius 1 is 1.38 bits per heavy atom. The summed E-state index contributed by atoms with van der Waals surface area (Å²) in [5.41, 5.74) is 1.94. The van der Waals surface area contributed by atoms with Crippen molar-refractivity contribution in [2.75, 3.05) is 26.2 Å². The molecule has 0 spiro atoms. The monoisotopic (exact) mass is 289 g/mol. The first-order valence-corrected chi connectivity index (χ1v) is 8.13. The zero-order valence-corrected chi connectivity index (χ0v) is 13.3. The number of nitrogens with zero attached hydrogens (tertiary/aromatic N) is 1. The number of rotatable bonds is 7. The fourth-order valence-corrected chi connectivity index (χ4v) is 2.92. The smallest absolute Gasteiger partial charge is 0.164 e. The summed E-state index contributed by atoms with van der Waals surface area (Å²) in [6, 6.07) is 7.85. The highest BCUT2D eigenvalue weighted by Gasteiger charge is 2.20. The number of piperidine rings is 1. The number of ketones is 1. The lowest BCUT2D eigenvalue weighted by atomic mass is 10.0. The molecule has 1 unspecified atom stereocenters. The van der Waals surface area contributed by atoms with Crippen LogP contribution in [-0.2, 0) is 4.74 Å². The van der Waals surface area contributed by atoms with E-state index in [-0.39, 0.29) is 5.78 Å². The summed E-state index contributed by atoms with van der Waals surface area (Å²) in [5.74, 6) is 0.254. The zero-order valence-electron chi connectivity index (χ0n) is 13.3. The second-order valence-electron chi connectivity index (χ2n) is 5.92. The number of Topliss-reactive ketones (excluding diaryl/α,β-unsaturated/α-hetero) is 1. The van der Waals surface area contributed by atoms with E-state index in [1.165, 1.54) is 6.42 Å². The summed E-state index contributed by atoms with van der Waals surface area (Å²) in [4.78, 5) is 14.7. The predicted molar refractivity (Wildman–Crippen MR) is 85.8 cm³/mol. The maximum Gasteiger partial charge on any atom is 0.164 e. The maximum atomic E-state index is 12.3. The van der Waals surface area contributed by atoms with E-state index in [1.54, 1.807) is 0 Å². The average molecular weight is 289 g/mol. The van der Waals surface area contributed by atoms with Crippen LogP contribution in [0.25, 0.3) is 0 Å². The fourth-order valence-electron chi connectivity index (χ4n) is 2.92. The van der Waals surface area contributed by atoms with E-state index in [0.717, 1.165) is 50.2 Å². The van der Waals surface area contributed by atoms with Gasteiger partial charge in [-0.05, 0) is 38.3 Å². The summed E-state index contributed by atoms with van der Waals surface area (Å²) in [6.07, 6.45) is 4.36. The van der Waals surface area contributed by atoms with Gasteiger partial charge in [-0.3, -0.25) is 4.79 Å². The molecule has 21 heavy (non-hydrogen) atoms. The molecule has 1 saturated heterocycles. The molecule has 116 valence electrons. The molecule has 1 aliphatic heterocycles. The van der Waals surface area contributed by atoms with E-state index in [9.17, 15) is 4.79 Å². The van der Waals surface area contributed by atoms with E-state index < -0.39 is 0 Å². The molecule has 0 bridgehead atoms. The lowest BCUT2D eigenvalue weighted by Crippen LogP contribution is -2.40. The van der Waals surface area contributed by atoms with Crippen molar-refractivity contribution in [1.82, 2.24) is 4.90 Å². The van der Waals surface area contributed by atoms with Crippen molar-refractivity contribution in [3.8, 4) is 0 Å². The first-order chi connectivity index (χ1) is 10.2. The summed E-state index contributed by atoms with van der Waals surface area (Å²) >= 11 is 0. The number of ether oxygens (including phenoxy) is 1. The van der Waals surface area contributed by atoms with Crippen molar-refractivity contribution in [2.45, 2.75) is 45.6 Å². The first-order valence-electron chi connectivity index (χ1n) is 8.13. The van der Waals surface area contributed by atoms with Gasteiger partial charge in [0.1, 0.15) is 0 Å². The quantitative estimate of drug-likeness (QED) is 0.720. The zero-order chi connectivity index (χ0) is 15.1. The van der Waals surface area contributed by atoms with Crippen molar-refractivity contribution in [3.05, 3.63) is 35.4 Å². The van der Waals surface area contributed by atoms with E-state index in [1.807, 2.05) is 31.2 Å². The summed E-state index contributed by atoms with van der Waals surface area (Å²) in [5, 5.41) is 0. The summed E-state index contributed by atoms with van der Waals surface area (Å²) in [6.45, 7) is 7.90. The standard InChI is InChI=1S/C18H27NO2/c1-3-13-21-16-8-6-11-19(14-16)12-10-18(20)17-9-5-4-7-15(17)2/h4-5,7,9,16H,3,6,8,10-14H2,1-2H3. The number of likely N-dealkylation sites (tertiary alicyclic amines) is 1. The van der Waals surface area contributed by atoms with E-state index in [0.29, 0.717) is 12.5 Å². The molecular formula is C18H27NO2. The molecule has 0 amide bonds. The van der Waals surface area contributed by atoms with Crippen LogP contribution < -0.4 is 0 Å². The van der Waals surface area contributed by atoms with E-state index in [2.05, 4.69) is 11.8 Å². The van der Waals surface area contributed by atoms with Crippen molar-refractivity contribution in [1.29, 1.82) is 0 Å². The Morgan fingerprint density at radius 2 is 2.19 bits per heavy atom. The first kappa shape index (κ1) is 16.2. The van der Waals surface area contributed by atoms with Gasteiger partial charge < -0.3 is 9.64 Å². The highest BCUT2D eigenvalue weighted by Crippen LogP contribution is 2.15. The molecule has 3 nitrogen and oxygen atoms in total. The van der Waals surface area contributed by atoms with Gasteiger partial charge >= 0.3 is 0 Å². The van der Waals surface area contributed by atoms with E-state index >= 15 is 0 Å². The molecule has 1 heterocycles. The maximum absolute atomic E-state index is 12.3. The Bertz CT molecular complexity index is 458. The van der Waals surface area contributed by atoms with Gasteiger partial charge in [-0.25, -0.2) is 0 Å². The number of hydrogen-bond donors (Lipinski definition) is 0. The van der Waals surface area contributed by atoms with Crippen LogP contribution in [0.5, 0.6) is 0 Å². The van der Waals surface area contributed by atoms with Crippen LogP contribution in [0.4, 0.5) is 0 Å². The molecule has 3 heteroatoms. The Hall–Kier alpha value is -1.19. The summed E-state index contributed by atoms with van der Waals surface area (Å²) < 4.78 is 5.85. The van der Waals surface area contributed by atoms with Gasteiger partial charge in [-0.2, -0.15) is 0 Å². The second kappa shape index (κ2) is 8.30. The highest BCUT2D eigenvalue weighted by molar-refractivity contribution is 5.97. The molecular weight excluding hydrogens is 262 g/mol. The minimum absolute atomic E-state index is 0.254. The van der Waals surface area contributed by atoms with Crippen LogP contribution in [0.2, 0.25) is 0 Å². The van der Waals surface area contributed by atoms with Gasteiger partial charge in [-0.15, -0.1) is 0 Å². The van der Waals surface area contributed by atoms with Crippen LogP contribution >= 0.6 is 0 Å². The molecule has 1 atom stereocenters. The van der Waals surface area contributed by atoms with Crippen molar-refractivity contribution >= 4 is 5.78 Å². The molecule has 0 aromatic heterocycles. The Kier molecular flexibility index (Phi) is 6.40. The lowest BCUT2D eigenvalue weighted by molar-refractivity contribution is -0.0000213. The average Bonchev–Trinajstić information content (AvgIpc) is 2.51. The third-order valence-electron chi connectivity index (χ3n) is 4.12. The molecule has 0 N–H and O–H groups in total. The molecule has 2 rings (SSSR count). The highest BCUT2D eigenvalue weighted by atomic mass is 16.5.